The van der Waals surface area contributed by atoms with Gasteiger partial charge in [0, 0.05) is 25.5 Å². The molecular weight excluding hydrogens is 188 g/mol. The first-order valence-electron chi connectivity index (χ1n) is 5.51. The molecule has 0 aliphatic heterocycles. The lowest BCUT2D eigenvalue weighted by Crippen LogP contribution is -2.28. The van der Waals surface area contributed by atoms with E-state index in [1.54, 1.807) is 0 Å². The molecule has 0 aliphatic rings. The monoisotopic (exact) mass is 208 g/mol. The minimum atomic E-state index is 0.716. The minimum Gasteiger partial charge on any atom is -0.353 e. The number of likely N-dealkylation sites (N-methyl/N-ethyl adjacent to an activating group) is 1. The Labute approximate surface area is 91.7 Å². The summed E-state index contributed by atoms with van der Waals surface area (Å²) in [6, 6.07) is 0. The number of rotatable bonds is 6. The van der Waals surface area contributed by atoms with Crippen LogP contribution in [0.3, 0.4) is 0 Å². The summed E-state index contributed by atoms with van der Waals surface area (Å²) in [6.45, 7) is 10.4. The number of hydrogen-bond acceptors (Lipinski definition) is 4. The van der Waals surface area contributed by atoms with Crippen molar-refractivity contribution in [3.8, 4) is 0 Å². The number of aromatic nitrogens is 2. The first-order chi connectivity index (χ1) is 7.26. The number of hydrogen-bond donors (Lipinski definition) is 1. The molecule has 0 bridgehead atoms. The van der Waals surface area contributed by atoms with Gasteiger partial charge in [-0.3, -0.25) is 0 Å². The molecule has 0 saturated carbocycles. The zero-order valence-electron chi connectivity index (χ0n) is 9.82. The van der Waals surface area contributed by atoms with Crippen LogP contribution in [0.25, 0.3) is 0 Å². The average molecular weight is 208 g/mol. The van der Waals surface area contributed by atoms with Gasteiger partial charge in [0.05, 0.1) is 0 Å². The predicted molar refractivity (Wildman–Crippen MR) is 63.0 cm³/mol. The lowest BCUT2D eigenvalue weighted by Gasteiger charge is -2.17. The Morgan fingerprint density at radius 3 is 2.33 bits per heavy atom. The van der Waals surface area contributed by atoms with Crippen LogP contribution in [0, 0.1) is 6.92 Å². The standard InChI is InChI=1S/C11H20N4/c1-4-15(5-2)7-6-12-11-13-8-10(3)9-14-11/h8-9H,4-7H2,1-3H3,(H,12,13,14). The van der Waals surface area contributed by atoms with Gasteiger partial charge in [-0.2, -0.15) is 0 Å². The third-order valence-electron chi connectivity index (χ3n) is 2.39. The maximum Gasteiger partial charge on any atom is 0.222 e. The van der Waals surface area contributed by atoms with Crippen molar-refractivity contribution < 1.29 is 0 Å². The van der Waals surface area contributed by atoms with E-state index >= 15 is 0 Å². The van der Waals surface area contributed by atoms with E-state index in [0.29, 0.717) is 5.95 Å². The van der Waals surface area contributed by atoms with E-state index in [0.717, 1.165) is 31.7 Å². The Bertz CT molecular complexity index is 266. The Hall–Kier alpha value is -1.16. The van der Waals surface area contributed by atoms with Crippen LogP contribution in [-0.2, 0) is 0 Å². The molecule has 1 heterocycles. The third kappa shape index (κ3) is 4.25. The summed E-state index contributed by atoms with van der Waals surface area (Å²) in [7, 11) is 0. The molecule has 0 amide bonds. The van der Waals surface area contributed by atoms with Gasteiger partial charge in [0.15, 0.2) is 0 Å². The Morgan fingerprint density at radius 1 is 1.20 bits per heavy atom. The smallest absolute Gasteiger partial charge is 0.222 e. The molecule has 0 fully saturated rings. The first kappa shape index (κ1) is 11.9. The molecule has 1 aromatic heterocycles. The molecule has 1 rings (SSSR count). The third-order valence-corrected chi connectivity index (χ3v) is 2.39. The summed E-state index contributed by atoms with van der Waals surface area (Å²) in [5.41, 5.74) is 1.09. The Balaban J connectivity index is 2.28. The fraction of sp³-hybridized carbons (Fsp3) is 0.636. The second-order valence-electron chi connectivity index (χ2n) is 3.54. The van der Waals surface area contributed by atoms with Crippen molar-refractivity contribution in [3.05, 3.63) is 18.0 Å². The molecule has 4 heteroatoms. The molecule has 15 heavy (non-hydrogen) atoms. The van der Waals surface area contributed by atoms with E-state index in [9.17, 15) is 0 Å². The van der Waals surface area contributed by atoms with Crippen LogP contribution in [0.5, 0.6) is 0 Å². The molecule has 0 aromatic carbocycles. The summed E-state index contributed by atoms with van der Waals surface area (Å²) in [6.07, 6.45) is 3.65. The topological polar surface area (TPSA) is 41.0 Å². The normalized spacial score (nSPS) is 10.7. The lowest BCUT2D eigenvalue weighted by molar-refractivity contribution is 0.316. The summed E-state index contributed by atoms with van der Waals surface area (Å²) in [5.74, 6) is 0.716. The number of anilines is 1. The van der Waals surface area contributed by atoms with Crippen LogP contribution in [0.2, 0.25) is 0 Å². The van der Waals surface area contributed by atoms with Gasteiger partial charge < -0.3 is 10.2 Å². The predicted octanol–water partition coefficient (Wildman–Crippen LogP) is 1.54. The molecule has 1 aromatic rings. The minimum absolute atomic E-state index is 0.716. The second-order valence-corrected chi connectivity index (χ2v) is 3.54. The largest absolute Gasteiger partial charge is 0.353 e. The maximum absolute atomic E-state index is 4.19. The van der Waals surface area contributed by atoms with Crippen LogP contribution < -0.4 is 5.32 Å². The molecule has 0 spiro atoms. The summed E-state index contributed by atoms with van der Waals surface area (Å²) >= 11 is 0. The zero-order valence-corrected chi connectivity index (χ0v) is 9.82. The molecule has 84 valence electrons. The van der Waals surface area contributed by atoms with Crippen LogP contribution in [0.4, 0.5) is 5.95 Å². The maximum atomic E-state index is 4.19. The van der Waals surface area contributed by atoms with E-state index in [1.165, 1.54) is 0 Å². The summed E-state index contributed by atoms with van der Waals surface area (Å²) in [4.78, 5) is 10.7. The van der Waals surface area contributed by atoms with Crippen molar-refractivity contribution in [2.45, 2.75) is 20.8 Å². The van der Waals surface area contributed by atoms with Crippen molar-refractivity contribution in [1.29, 1.82) is 0 Å². The van der Waals surface area contributed by atoms with Crippen LogP contribution in [0.15, 0.2) is 12.4 Å². The van der Waals surface area contributed by atoms with Crippen molar-refractivity contribution in [3.63, 3.8) is 0 Å². The van der Waals surface area contributed by atoms with Gasteiger partial charge in [0.25, 0.3) is 0 Å². The highest BCUT2D eigenvalue weighted by Gasteiger charge is 1.99. The molecule has 0 radical (unpaired) electrons. The highest BCUT2D eigenvalue weighted by Crippen LogP contribution is 1.97. The first-order valence-corrected chi connectivity index (χ1v) is 5.51. The van der Waals surface area contributed by atoms with Crippen LogP contribution >= 0.6 is 0 Å². The van der Waals surface area contributed by atoms with Gasteiger partial charge in [-0.15, -0.1) is 0 Å². The van der Waals surface area contributed by atoms with Gasteiger partial charge >= 0.3 is 0 Å². The van der Waals surface area contributed by atoms with Crippen LogP contribution in [-0.4, -0.2) is 41.0 Å². The Kier molecular flexibility index (Phi) is 5.04. The van der Waals surface area contributed by atoms with Gasteiger partial charge in [-0.1, -0.05) is 13.8 Å². The SMILES string of the molecule is CCN(CC)CCNc1ncc(C)cn1. The van der Waals surface area contributed by atoms with Gasteiger partial charge in [0.2, 0.25) is 5.95 Å². The fourth-order valence-corrected chi connectivity index (χ4v) is 1.35. The quantitative estimate of drug-likeness (QED) is 0.770. The zero-order chi connectivity index (χ0) is 11.1. The van der Waals surface area contributed by atoms with Crippen molar-refractivity contribution in [1.82, 2.24) is 14.9 Å². The highest BCUT2D eigenvalue weighted by atomic mass is 15.2. The van der Waals surface area contributed by atoms with Crippen LogP contribution in [0.1, 0.15) is 19.4 Å². The van der Waals surface area contributed by atoms with Gasteiger partial charge in [-0.25, -0.2) is 9.97 Å². The number of aryl methyl sites for hydroxylation is 1. The number of nitrogens with zero attached hydrogens (tertiary/aromatic N) is 3. The average Bonchev–Trinajstić information content (AvgIpc) is 2.27. The van der Waals surface area contributed by atoms with Crippen molar-refractivity contribution in [2.24, 2.45) is 0 Å². The van der Waals surface area contributed by atoms with E-state index in [2.05, 4.69) is 34.0 Å². The molecule has 0 atom stereocenters. The summed E-state index contributed by atoms with van der Waals surface area (Å²) < 4.78 is 0. The summed E-state index contributed by atoms with van der Waals surface area (Å²) in [5, 5.41) is 3.21. The molecule has 0 aliphatic carbocycles. The molecule has 1 N–H and O–H groups in total. The molecular formula is C11H20N4. The fourth-order valence-electron chi connectivity index (χ4n) is 1.35. The Morgan fingerprint density at radius 2 is 1.80 bits per heavy atom. The lowest BCUT2D eigenvalue weighted by atomic mass is 10.4. The molecule has 0 saturated heterocycles. The van der Waals surface area contributed by atoms with Gasteiger partial charge in [0.1, 0.15) is 0 Å². The van der Waals surface area contributed by atoms with Gasteiger partial charge in [-0.05, 0) is 25.6 Å². The van der Waals surface area contributed by atoms with Crippen molar-refractivity contribution in [2.75, 3.05) is 31.5 Å². The molecule has 4 nitrogen and oxygen atoms in total. The second kappa shape index (κ2) is 6.35. The number of nitrogens with one attached hydrogen (secondary N) is 1. The van der Waals surface area contributed by atoms with E-state index < -0.39 is 0 Å². The van der Waals surface area contributed by atoms with E-state index in [4.69, 9.17) is 0 Å². The molecule has 0 unspecified atom stereocenters. The van der Waals surface area contributed by atoms with E-state index in [1.807, 2.05) is 19.3 Å². The van der Waals surface area contributed by atoms with Crippen molar-refractivity contribution >= 4 is 5.95 Å². The highest BCUT2D eigenvalue weighted by molar-refractivity contribution is 5.23. The van der Waals surface area contributed by atoms with E-state index in [-0.39, 0.29) is 0 Å².